The Morgan fingerprint density at radius 3 is 2.18 bits per heavy atom. The van der Waals surface area contributed by atoms with Gasteiger partial charge in [0.15, 0.2) is 0 Å². The minimum atomic E-state index is -0.822. The molecule has 4 nitrogen and oxygen atoms in total. The van der Waals surface area contributed by atoms with Gasteiger partial charge in [0.1, 0.15) is 0 Å². The molecule has 0 aromatic heterocycles. The molecular weight excluding hydrogens is 144 g/mol. The third-order valence-electron chi connectivity index (χ3n) is 0.886. The van der Waals surface area contributed by atoms with Crippen molar-refractivity contribution in [3.8, 4) is 0 Å². The maximum Gasteiger partial charge on any atom is 0.317 e. The summed E-state index contributed by atoms with van der Waals surface area (Å²) in [5.41, 5.74) is 5.14. The molecule has 0 rings (SSSR count). The van der Waals surface area contributed by atoms with Gasteiger partial charge in [-0.05, 0) is 20.0 Å². The summed E-state index contributed by atoms with van der Waals surface area (Å²) in [7, 11) is 1.59. The Hall–Kier alpha value is -0.610. The number of aliphatic carboxylic acids is 1. The van der Waals surface area contributed by atoms with Gasteiger partial charge in [-0.25, -0.2) is 0 Å². The number of rotatable bonds is 4. The molecule has 0 bridgehead atoms. The molecule has 0 heterocycles. The quantitative estimate of drug-likeness (QED) is 0.545. The van der Waals surface area contributed by atoms with Crippen LogP contribution < -0.4 is 11.1 Å². The molecule has 0 aromatic carbocycles. The first-order valence-corrected chi connectivity index (χ1v) is 3.75. The van der Waals surface area contributed by atoms with Gasteiger partial charge in [0.05, 0.1) is 6.54 Å². The first-order chi connectivity index (χ1) is 5.18. The van der Waals surface area contributed by atoms with Crippen LogP contribution in [0.4, 0.5) is 0 Å². The van der Waals surface area contributed by atoms with E-state index in [-0.39, 0.29) is 6.54 Å². The lowest BCUT2D eigenvalue weighted by Crippen LogP contribution is -2.16. The fourth-order valence-corrected chi connectivity index (χ4v) is 0.355. The van der Waals surface area contributed by atoms with Crippen molar-refractivity contribution in [2.24, 2.45) is 5.73 Å². The Bertz CT molecular complexity index is 84.5. The second-order valence-corrected chi connectivity index (χ2v) is 2.07. The lowest BCUT2D eigenvalue weighted by atomic mass is 10.3. The van der Waals surface area contributed by atoms with E-state index in [2.05, 4.69) is 12.2 Å². The monoisotopic (exact) mass is 162 g/mol. The maximum absolute atomic E-state index is 9.54. The van der Waals surface area contributed by atoms with Crippen LogP contribution >= 0.6 is 0 Å². The van der Waals surface area contributed by atoms with Gasteiger partial charge in [0.25, 0.3) is 0 Å². The molecule has 0 amide bonds. The zero-order chi connectivity index (χ0) is 9.11. The number of hydrogen-bond donors (Lipinski definition) is 3. The lowest BCUT2D eigenvalue weighted by Gasteiger charge is -1.84. The van der Waals surface area contributed by atoms with Gasteiger partial charge in [-0.1, -0.05) is 13.3 Å². The molecule has 0 aliphatic carbocycles. The summed E-state index contributed by atoms with van der Waals surface area (Å²) in [4.78, 5) is 9.54. The Balaban J connectivity index is 0. The van der Waals surface area contributed by atoms with Crippen LogP contribution in [0.5, 0.6) is 0 Å². The largest absolute Gasteiger partial charge is 0.480 e. The van der Waals surface area contributed by atoms with E-state index in [4.69, 9.17) is 10.8 Å². The third-order valence-corrected chi connectivity index (χ3v) is 0.886. The Morgan fingerprint density at radius 2 is 2.18 bits per heavy atom. The standard InChI is InChI=1S/C4H11N.C3H7NO2/c1-2-3-4-5;1-4-2-3(5)6/h2-5H2,1H3;4H,2H2,1H3,(H,5,6). The van der Waals surface area contributed by atoms with Crippen LogP contribution in [0.2, 0.25) is 0 Å². The topological polar surface area (TPSA) is 75.3 Å². The second kappa shape index (κ2) is 12.1. The lowest BCUT2D eigenvalue weighted by molar-refractivity contribution is -0.135. The highest BCUT2D eigenvalue weighted by Gasteiger charge is 1.86. The number of nitrogens with two attached hydrogens (primary N) is 1. The number of nitrogens with one attached hydrogen (secondary N) is 1. The second-order valence-electron chi connectivity index (χ2n) is 2.07. The highest BCUT2D eigenvalue weighted by molar-refractivity contribution is 5.68. The smallest absolute Gasteiger partial charge is 0.317 e. The van der Waals surface area contributed by atoms with Gasteiger partial charge in [-0.3, -0.25) is 4.79 Å². The van der Waals surface area contributed by atoms with Crippen molar-refractivity contribution >= 4 is 5.97 Å². The molecule has 68 valence electrons. The van der Waals surface area contributed by atoms with Crippen LogP contribution in [0.15, 0.2) is 0 Å². The molecule has 0 aliphatic heterocycles. The van der Waals surface area contributed by atoms with E-state index in [1.54, 1.807) is 7.05 Å². The van der Waals surface area contributed by atoms with E-state index in [9.17, 15) is 4.79 Å². The Kier molecular flexibility index (Phi) is 14.3. The molecular formula is C7H18N2O2. The molecule has 4 N–H and O–H groups in total. The van der Waals surface area contributed by atoms with Crippen LogP contribution in [0.1, 0.15) is 19.8 Å². The summed E-state index contributed by atoms with van der Waals surface area (Å²) < 4.78 is 0. The molecule has 0 spiro atoms. The average Bonchev–Trinajstić information content (AvgIpc) is 1.90. The number of unbranched alkanes of at least 4 members (excludes halogenated alkanes) is 1. The van der Waals surface area contributed by atoms with Crippen molar-refractivity contribution in [3.05, 3.63) is 0 Å². The first kappa shape index (κ1) is 13.0. The van der Waals surface area contributed by atoms with Crippen LogP contribution in [0.3, 0.4) is 0 Å². The SMILES string of the molecule is CCCCN.CNCC(=O)O. The molecule has 11 heavy (non-hydrogen) atoms. The maximum atomic E-state index is 9.54. The number of carbonyl (C=O) groups is 1. The fourth-order valence-electron chi connectivity index (χ4n) is 0.355. The van der Waals surface area contributed by atoms with Gasteiger partial charge in [0.2, 0.25) is 0 Å². The molecule has 0 fully saturated rings. The van der Waals surface area contributed by atoms with Crippen LogP contribution in [0.25, 0.3) is 0 Å². The molecule has 0 unspecified atom stereocenters. The van der Waals surface area contributed by atoms with Gasteiger partial charge in [-0.2, -0.15) is 0 Å². The van der Waals surface area contributed by atoms with Crippen LogP contribution in [-0.2, 0) is 4.79 Å². The molecule has 0 saturated heterocycles. The van der Waals surface area contributed by atoms with E-state index in [1.807, 2.05) is 0 Å². The minimum absolute atomic E-state index is 0.0417. The molecule has 4 heteroatoms. The molecule has 0 radical (unpaired) electrons. The van der Waals surface area contributed by atoms with Crippen molar-refractivity contribution in [2.75, 3.05) is 20.1 Å². The highest BCUT2D eigenvalue weighted by atomic mass is 16.4. The Labute approximate surface area is 67.8 Å². The van der Waals surface area contributed by atoms with Crippen molar-refractivity contribution in [2.45, 2.75) is 19.8 Å². The summed E-state index contributed by atoms with van der Waals surface area (Å²) in [6, 6.07) is 0. The van der Waals surface area contributed by atoms with E-state index < -0.39 is 5.97 Å². The zero-order valence-electron chi connectivity index (χ0n) is 7.26. The molecule has 0 saturated carbocycles. The summed E-state index contributed by atoms with van der Waals surface area (Å²) >= 11 is 0. The van der Waals surface area contributed by atoms with E-state index in [0.717, 1.165) is 6.54 Å². The van der Waals surface area contributed by atoms with Gasteiger partial charge in [0, 0.05) is 0 Å². The van der Waals surface area contributed by atoms with Gasteiger partial charge in [-0.15, -0.1) is 0 Å². The number of carboxylic acid groups (broad SMARTS) is 1. The highest BCUT2D eigenvalue weighted by Crippen LogP contribution is 1.77. The van der Waals surface area contributed by atoms with E-state index >= 15 is 0 Å². The summed E-state index contributed by atoms with van der Waals surface area (Å²) in [6.07, 6.45) is 2.39. The summed E-state index contributed by atoms with van der Waals surface area (Å²) in [5.74, 6) is -0.822. The van der Waals surface area contributed by atoms with Gasteiger partial charge < -0.3 is 16.2 Å². The van der Waals surface area contributed by atoms with Crippen LogP contribution in [0, 0.1) is 0 Å². The number of hydrogen-bond acceptors (Lipinski definition) is 3. The molecule has 0 aliphatic rings. The molecule has 0 atom stereocenters. The van der Waals surface area contributed by atoms with Crippen molar-refractivity contribution < 1.29 is 9.90 Å². The minimum Gasteiger partial charge on any atom is -0.480 e. The van der Waals surface area contributed by atoms with Crippen molar-refractivity contribution in [3.63, 3.8) is 0 Å². The first-order valence-electron chi connectivity index (χ1n) is 3.75. The predicted octanol–water partition coefficient (Wildman–Crippen LogP) is 0.0356. The van der Waals surface area contributed by atoms with Gasteiger partial charge >= 0.3 is 5.97 Å². The Morgan fingerprint density at radius 1 is 1.64 bits per heavy atom. The predicted molar refractivity (Wildman–Crippen MR) is 45.5 cm³/mol. The number of carboxylic acids is 1. The summed E-state index contributed by atoms with van der Waals surface area (Å²) in [6.45, 7) is 3.02. The normalized spacial score (nSPS) is 8.27. The van der Waals surface area contributed by atoms with Crippen molar-refractivity contribution in [1.29, 1.82) is 0 Å². The van der Waals surface area contributed by atoms with Crippen molar-refractivity contribution in [1.82, 2.24) is 5.32 Å². The zero-order valence-corrected chi connectivity index (χ0v) is 7.26. The number of likely N-dealkylation sites (N-methyl/N-ethyl adjacent to an activating group) is 1. The van der Waals surface area contributed by atoms with E-state index in [0.29, 0.717) is 0 Å². The van der Waals surface area contributed by atoms with Crippen LogP contribution in [-0.4, -0.2) is 31.2 Å². The fraction of sp³-hybridized carbons (Fsp3) is 0.857. The summed E-state index contributed by atoms with van der Waals surface area (Å²) in [5, 5.41) is 10.3. The average molecular weight is 162 g/mol. The van der Waals surface area contributed by atoms with E-state index in [1.165, 1.54) is 12.8 Å². The third kappa shape index (κ3) is 26.6. The molecule has 0 aromatic rings.